The van der Waals surface area contributed by atoms with E-state index in [2.05, 4.69) is 0 Å². The van der Waals surface area contributed by atoms with Crippen LogP contribution in [0.4, 0.5) is 8.78 Å². The Morgan fingerprint density at radius 3 is 2.47 bits per heavy atom. The molecular weight excluding hydrogens is 274 g/mol. The van der Waals surface area contributed by atoms with Crippen LogP contribution in [0, 0.1) is 17.0 Å². The third kappa shape index (κ3) is 3.04. The zero-order valence-electron chi connectivity index (χ0n) is 10.7. The van der Waals surface area contributed by atoms with Gasteiger partial charge in [-0.05, 0) is 30.5 Å². The molecule has 0 aromatic heterocycles. The van der Waals surface area contributed by atoms with Crippen molar-refractivity contribution in [2.75, 3.05) is 19.6 Å². The van der Waals surface area contributed by atoms with Crippen molar-refractivity contribution in [2.24, 2.45) is 11.1 Å². The number of hydrogen-bond donors (Lipinski definition) is 1. The molecule has 19 heavy (non-hydrogen) atoms. The van der Waals surface area contributed by atoms with Crippen molar-refractivity contribution < 1.29 is 13.6 Å². The molecule has 1 aliphatic heterocycles. The lowest BCUT2D eigenvalue weighted by Gasteiger charge is -2.22. The monoisotopic (exact) mass is 290 g/mol. The zero-order chi connectivity index (χ0) is 13.3. The predicted molar refractivity (Wildman–Crippen MR) is 71.3 cm³/mol. The van der Waals surface area contributed by atoms with E-state index >= 15 is 0 Å². The van der Waals surface area contributed by atoms with Crippen LogP contribution in [-0.2, 0) is 0 Å². The SMILES string of the molecule is CC1(CN)CCN(C(=O)c2c(F)cccc2F)C1.Cl. The standard InChI is InChI=1S/C13H16F2N2O.ClH/c1-13(7-16)5-6-17(8-13)12(18)11-9(14)3-2-4-10(11)15;/h2-4H,5-8,16H2,1H3;1H. The molecule has 0 aliphatic carbocycles. The first-order valence-corrected chi connectivity index (χ1v) is 5.90. The fraction of sp³-hybridized carbons (Fsp3) is 0.462. The van der Waals surface area contributed by atoms with E-state index < -0.39 is 23.1 Å². The van der Waals surface area contributed by atoms with Gasteiger partial charge in [-0.3, -0.25) is 4.79 Å². The topological polar surface area (TPSA) is 46.3 Å². The fourth-order valence-corrected chi connectivity index (χ4v) is 2.22. The molecule has 1 aromatic rings. The number of hydrogen-bond acceptors (Lipinski definition) is 2. The molecular formula is C13H17ClF2N2O. The van der Waals surface area contributed by atoms with Gasteiger partial charge in [0.25, 0.3) is 5.91 Å². The van der Waals surface area contributed by atoms with E-state index in [9.17, 15) is 13.6 Å². The molecule has 0 bridgehead atoms. The summed E-state index contributed by atoms with van der Waals surface area (Å²) in [5.74, 6) is -2.23. The number of carbonyl (C=O) groups excluding carboxylic acids is 1. The molecule has 1 saturated heterocycles. The molecule has 3 nitrogen and oxygen atoms in total. The molecule has 1 unspecified atom stereocenters. The molecule has 1 aliphatic rings. The Bertz CT molecular complexity index is 463. The summed E-state index contributed by atoms with van der Waals surface area (Å²) in [6.07, 6.45) is 0.755. The third-order valence-corrected chi connectivity index (χ3v) is 3.51. The second kappa shape index (κ2) is 5.84. The summed E-state index contributed by atoms with van der Waals surface area (Å²) in [6.45, 7) is 3.35. The number of nitrogens with zero attached hydrogens (tertiary/aromatic N) is 1. The molecule has 1 fully saturated rings. The minimum atomic E-state index is -0.818. The maximum absolute atomic E-state index is 13.5. The van der Waals surface area contributed by atoms with E-state index in [0.29, 0.717) is 19.6 Å². The normalized spacial score (nSPS) is 22.2. The van der Waals surface area contributed by atoms with Crippen molar-refractivity contribution in [1.29, 1.82) is 0 Å². The first kappa shape index (κ1) is 15.9. The molecule has 1 aromatic carbocycles. The lowest BCUT2D eigenvalue weighted by atomic mass is 9.90. The smallest absolute Gasteiger partial charge is 0.259 e. The Morgan fingerprint density at radius 2 is 2.00 bits per heavy atom. The number of nitrogens with two attached hydrogens (primary N) is 1. The summed E-state index contributed by atoms with van der Waals surface area (Å²) in [5.41, 5.74) is 5.01. The van der Waals surface area contributed by atoms with Crippen molar-refractivity contribution in [3.8, 4) is 0 Å². The quantitative estimate of drug-likeness (QED) is 0.907. The molecule has 106 valence electrons. The van der Waals surface area contributed by atoms with Gasteiger partial charge in [-0.2, -0.15) is 0 Å². The van der Waals surface area contributed by atoms with Gasteiger partial charge in [-0.25, -0.2) is 8.78 Å². The molecule has 0 radical (unpaired) electrons. The van der Waals surface area contributed by atoms with Gasteiger partial charge >= 0.3 is 0 Å². The summed E-state index contributed by atoms with van der Waals surface area (Å²) in [4.78, 5) is 13.6. The molecule has 1 atom stereocenters. The van der Waals surface area contributed by atoms with E-state index in [4.69, 9.17) is 5.73 Å². The minimum Gasteiger partial charge on any atom is -0.338 e. The number of halogens is 3. The zero-order valence-corrected chi connectivity index (χ0v) is 11.5. The summed E-state index contributed by atoms with van der Waals surface area (Å²) >= 11 is 0. The van der Waals surface area contributed by atoms with Gasteiger partial charge in [0.1, 0.15) is 17.2 Å². The third-order valence-electron chi connectivity index (χ3n) is 3.51. The summed E-state index contributed by atoms with van der Waals surface area (Å²) in [6, 6.07) is 3.43. The van der Waals surface area contributed by atoms with Crippen molar-refractivity contribution in [3.63, 3.8) is 0 Å². The Balaban J connectivity index is 0.00000180. The van der Waals surface area contributed by atoms with Gasteiger partial charge in [0, 0.05) is 13.1 Å². The molecule has 0 saturated carbocycles. The van der Waals surface area contributed by atoms with E-state index in [-0.39, 0.29) is 17.8 Å². The van der Waals surface area contributed by atoms with E-state index in [1.54, 1.807) is 0 Å². The highest BCUT2D eigenvalue weighted by atomic mass is 35.5. The van der Waals surface area contributed by atoms with Gasteiger partial charge in [-0.1, -0.05) is 13.0 Å². The second-order valence-electron chi connectivity index (χ2n) is 5.09. The summed E-state index contributed by atoms with van der Waals surface area (Å²) < 4.78 is 27.0. The van der Waals surface area contributed by atoms with E-state index in [1.165, 1.54) is 11.0 Å². The van der Waals surface area contributed by atoms with Crippen LogP contribution in [0.15, 0.2) is 18.2 Å². The lowest BCUT2D eigenvalue weighted by Crippen LogP contribution is -2.35. The maximum atomic E-state index is 13.5. The van der Waals surface area contributed by atoms with Crippen LogP contribution in [0.3, 0.4) is 0 Å². The number of likely N-dealkylation sites (tertiary alicyclic amines) is 1. The molecule has 1 amide bonds. The Kier molecular flexibility index (Phi) is 4.87. The Labute approximate surface area is 117 Å². The molecule has 1 heterocycles. The Hall–Kier alpha value is -1.20. The van der Waals surface area contributed by atoms with Gasteiger partial charge < -0.3 is 10.6 Å². The number of rotatable bonds is 2. The second-order valence-corrected chi connectivity index (χ2v) is 5.09. The average Bonchev–Trinajstić information content (AvgIpc) is 2.72. The van der Waals surface area contributed by atoms with Gasteiger partial charge in [-0.15, -0.1) is 12.4 Å². The maximum Gasteiger partial charge on any atom is 0.259 e. The minimum absolute atomic E-state index is 0. The average molecular weight is 291 g/mol. The molecule has 0 spiro atoms. The van der Waals surface area contributed by atoms with Crippen LogP contribution >= 0.6 is 12.4 Å². The number of benzene rings is 1. The van der Waals surface area contributed by atoms with Crippen molar-refractivity contribution in [1.82, 2.24) is 4.90 Å². The molecule has 2 N–H and O–H groups in total. The summed E-state index contributed by atoms with van der Waals surface area (Å²) in [7, 11) is 0. The van der Waals surface area contributed by atoms with Crippen LogP contribution < -0.4 is 5.73 Å². The van der Waals surface area contributed by atoms with Crippen molar-refractivity contribution in [2.45, 2.75) is 13.3 Å². The van der Waals surface area contributed by atoms with Crippen molar-refractivity contribution >= 4 is 18.3 Å². The fourth-order valence-electron chi connectivity index (χ4n) is 2.22. The highest BCUT2D eigenvalue weighted by Crippen LogP contribution is 2.30. The van der Waals surface area contributed by atoms with Crippen LogP contribution in [0.1, 0.15) is 23.7 Å². The number of amides is 1. The highest BCUT2D eigenvalue weighted by molar-refractivity contribution is 5.95. The Morgan fingerprint density at radius 1 is 1.42 bits per heavy atom. The summed E-state index contributed by atoms with van der Waals surface area (Å²) in [5, 5.41) is 0. The van der Waals surface area contributed by atoms with Crippen LogP contribution in [0.2, 0.25) is 0 Å². The van der Waals surface area contributed by atoms with Gasteiger partial charge in [0.15, 0.2) is 0 Å². The predicted octanol–water partition coefficient (Wildman–Crippen LogP) is 2.20. The molecule has 2 rings (SSSR count). The highest BCUT2D eigenvalue weighted by Gasteiger charge is 2.36. The van der Waals surface area contributed by atoms with Crippen LogP contribution in [-0.4, -0.2) is 30.4 Å². The largest absolute Gasteiger partial charge is 0.338 e. The van der Waals surface area contributed by atoms with Crippen molar-refractivity contribution in [3.05, 3.63) is 35.4 Å². The van der Waals surface area contributed by atoms with Gasteiger partial charge in [0.2, 0.25) is 0 Å². The lowest BCUT2D eigenvalue weighted by molar-refractivity contribution is 0.0767. The first-order chi connectivity index (χ1) is 8.47. The van der Waals surface area contributed by atoms with Gasteiger partial charge in [0.05, 0.1) is 0 Å². The number of carbonyl (C=O) groups is 1. The van der Waals surface area contributed by atoms with Crippen LogP contribution in [0.5, 0.6) is 0 Å². The van der Waals surface area contributed by atoms with E-state index in [1.807, 2.05) is 6.92 Å². The molecule has 6 heteroatoms. The first-order valence-electron chi connectivity index (χ1n) is 5.90. The van der Waals surface area contributed by atoms with Crippen LogP contribution in [0.25, 0.3) is 0 Å². The van der Waals surface area contributed by atoms with E-state index in [0.717, 1.165) is 18.6 Å².